The van der Waals surface area contributed by atoms with Crippen molar-refractivity contribution in [2.45, 2.75) is 23.5 Å². The third kappa shape index (κ3) is 3.11. The summed E-state index contributed by atoms with van der Waals surface area (Å²) >= 11 is 1.54. The number of rotatable bonds is 3. The zero-order valence-corrected chi connectivity index (χ0v) is 9.04. The standard InChI is InChI=1S/C11H13FO2S/c12-8-1-3-9(4-2-8)14-7-10-5-6-11(13)15-10/h1-4,10-11,13H,5-7H2/t10-,11+/m0/s1. The number of aliphatic hydroxyl groups is 1. The first-order valence-electron chi connectivity index (χ1n) is 4.96. The molecular formula is C11H13FO2S. The number of benzene rings is 1. The zero-order valence-electron chi connectivity index (χ0n) is 8.23. The molecule has 1 aliphatic heterocycles. The van der Waals surface area contributed by atoms with Crippen LogP contribution in [0.25, 0.3) is 0 Å². The Kier molecular flexibility index (Phi) is 3.49. The first-order valence-corrected chi connectivity index (χ1v) is 5.90. The molecule has 0 amide bonds. The molecule has 1 aromatic rings. The van der Waals surface area contributed by atoms with Crippen molar-refractivity contribution < 1.29 is 14.2 Å². The third-order valence-electron chi connectivity index (χ3n) is 2.33. The van der Waals surface area contributed by atoms with Gasteiger partial charge in [0.05, 0.1) is 5.44 Å². The lowest BCUT2D eigenvalue weighted by atomic mass is 10.2. The van der Waals surface area contributed by atoms with Crippen molar-refractivity contribution in [2.75, 3.05) is 6.61 Å². The van der Waals surface area contributed by atoms with Gasteiger partial charge in [-0.15, -0.1) is 11.8 Å². The molecule has 1 aliphatic rings. The highest BCUT2D eigenvalue weighted by atomic mass is 32.2. The number of aliphatic hydroxyl groups excluding tert-OH is 1. The van der Waals surface area contributed by atoms with Crippen LogP contribution in [-0.4, -0.2) is 22.4 Å². The van der Waals surface area contributed by atoms with Gasteiger partial charge >= 0.3 is 0 Å². The number of hydrogen-bond donors (Lipinski definition) is 1. The molecule has 1 aromatic carbocycles. The Morgan fingerprint density at radius 1 is 1.33 bits per heavy atom. The van der Waals surface area contributed by atoms with Gasteiger partial charge in [-0.1, -0.05) is 0 Å². The molecular weight excluding hydrogens is 215 g/mol. The minimum Gasteiger partial charge on any atom is -0.492 e. The molecule has 15 heavy (non-hydrogen) atoms. The predicted octanol–water partition coefficient (Wildman–Crippen LogP) is 2.42. The van der Waals surface area contributed by atoms with E-state index in [1.54, 1.807) is 23.9 Å². The maximum absolute atomic E-state index is 12.6. The Bertz CT molecular complexity index is 315. The number of hydrogen-bond acceptors (Lipinski definition) is 3. The van der Waals surface area contributed by atoms with Crippen LogP contribution in [0, 0.1) is 5.82 Å². The molecule has 0 radical (unpaired) electrons. The second-order valence-electron chi connectivity index (χ2n) is 3.56. The van der Waals surface area contributed by atoms with E-state index in [1.807, 2.05) is 0 Å². The normalized spacial score (nSPS) is 25.5. The summed E-state index contributed by atoms with van der Waals surface area (Å²) in [6.45, 7) is 0.577. The van der Waals surface area contributed by atoms with Crippen molar-refractivity contribution in [3.8, 4) is 5.75 Å². The van der Waals surface area contributed by atoms with Crippen LogP contribution in [0.4, 0.5) is 4.39 Å². The van der Waals surface area contributed by atoms with Crippen LogP contribution < -0.4 is 4.74 Å². The quantitative estimate of drug-likeness (QED) is 0.861. The van der Waals surface area contributed by atoms with Gasteiger partial charge in [0.2, 0.25) is 0 Å². The van der Waals surface area contributed by atoms with E-state index in [9.17, 15) is 9.50 Å². The van der Waals surface area contributed by atoms with E-state index in [0.717, 1.165) is 12.8 Å². The van der Waals surface area contributed by atoms with Gasteiger partial charge in [-0.3, -0.25) is 0 Å². The Hall–Kier alpha value is -0.740. The van der Waals surface area contributed by atoms with E-state index < -0.39 is 0 Å². The summed E-state index contributed by atoms with van der Waals surface area (Å²) in [6, 6.07) is 5.99. The number of halogens is 1. The molecule has 0 aromatic heterocycles. The molecule has 82 valence electrons. The van der Waals surface area contributed by atoms with Crippen molar-refractivity contribution in [3.63, 3.8) is 0 Å². The minimum atomic E-state index is -0.256. The Morgan fingerprint density at radius 3 is 2.67 bits per heavy atom. The summed E-state index contributed by atoms with van der Waals surface area (Å²) in [4.78, 5) is 0. The highest BCUT2D eigenvalue weighted by molar-refractivity contribution is 8.00. The summed E-state index contributed by atoms with van der Waals surface area (Å²) in [7, 11) is 0. The van der Waals surface area contributed by atoms with Gasteiger partial charge in [0.15, 0.2) is 0 Å². The van der Waals surface area contributed by atoms with Crippen LogP contribution in [0.1, 0.15) is 12.8 Å². The van der Waals surface area contributed by atoms with Gasteiger partial charge in [-0.05, 0) is 37.1 Å². The first kappa shape index (κ1) is 10.8. The molecule has 1 N–H and O–H groups in total. The summed E-state index contributed by atoms with van der Waals surface area (Å²) in [5.41, 5.74) is -0.244. The molecule has 4 heteroatoms. The Labute approximate surface area is 92.4 Å². The first-order chi connectivity index (χ1) is 7.24. The maximum atomic E-state index is 12.6. The molecule has 1 saturated heterocycles. The van der Waals surface area contributed by atoms with E-state index in [2.05, 4.69) is 0 Å². The van der Waals surface area contributed by atoms with Crippen molar-refractivity contribution >= 4 is 11.8 Å². The SMILES string of the molecule is O[C@H]1CC[C@@H](COc2ccc(F)cc2)S1. The fourth-order valence-electron chi connectivity index (χ4n) is 1.53. The Balaban J connectivity index is 1.80. The molecule has 0 spiro atoms. The monoisotopic (exact) mass is 228 g/mol. The van der Waals surface area contributed by atoms with Crippen molar-refractivity contribution in [1.82, 2.24) is 0 Å². The molecule has 2 nitrogen and oxygen atoms in total. The van der Waals surface area contributed by atoms with Crippen LogP contribution in [0.15, 0.2) is 24.3 Å². The van der Waals surface area contributed by atoms with Gasteiger partial charge in [-0.25, -0.2) is 4.39 Å². The molecule has 1 heterocycles. The maximum Gasteiger partial charge on any atom is 0.123 e. The van der Waals surface area contributed by atoms with Crippen LogP contribution in [0.2, 0.25) is 0 Å². The molecule has 0 saturated carbocycles. The van der Waals surface area contributed by atoms with E-state index in [1.165, 1.54) is 12.1 Å². The molecule has 2 atom stereocenters. The van der Waals surface area contributed by atoms with E-state index in [-0.39, 0.29) is 11.3 Å². The third-order valence-corrected chi connectivity index (χ3v) is 3.64. The van der Waals surface area contributed by atoms with Gasteiger partial charge in [0.25, 0.3) is 0 Å². The molecule has 2 rings (SSSR count). The lowest BCUT2D eigenvalue weighted by molar-refractivity contribution is 0.257. The largest absolute Gasteiger partial charge is 0.492 e. The molecule has 0 aliphatic carbocycles. The molecule has 0 bridgehead atoms. The Morgan fingerprint density at radius 2 is 2.07 bits per heavy atom. The summed E-state index contributed by atoms with van der Waals surface area (Å²) in [6.07, 6.45) is 1.81. The summed E-state index contributed by atoms with van der Waals surface area (Å²) in [5.74, 6) is 0.423. The fourth-order valence-corrected chi connectivity index (χ4v) is 2.66. The van der Waals surface area contributed by atoms with Crippen LogP contribution >= 0.6 is 11.8 Å². The second kappa shape index (κ2) is 4.86. The van der Waals surface area contributed by atoms with Crippen LogP contribution in [0.5, 0.6) is 5.75 Å². The summed E-state index contributed by atoms with van der Waals surface area (Å²) < 4.78 is 18.1. The second-order valence-corrected chi connectivity index (χ2v) is 5.04. The number of thioether (sulfide) groups is 1. The van der Waals surface area contributed by atoms with Crippen molar-refractivity contribution in [2.24, 2.45) is 0 Å². The van der Waals surface area contributed by atoms with E-state index in [0.29, 0.717) is 17.6 Å². The highest BCUT2D eigenvalue weighted by Gasteiger charge is 2.23. The average molecular weight is 228 g/mol. The van der Waals surface area contributed by atoms with Crippen LogP contribution in [-0.2, 0) is 0 Å². The molecule has 1 fully saturated rings. The lowest BCUT2D eigenvalue weighted by Gasteiger charge is -2.10. The predicted molar refractivity (Wildman–Crippen MR) is 58.5 cm³/mol. The van der Waals surface area contributed by atoms with E-state index >= 15 is 0 Å². The topological polar surface area (TPSA) is 29.5 Å². The average Bonchev–Trinajstić information content (AvgIpc) is 2.64. The van der Waals surface area contributed by atoms with Gasteiger partial charge in [0, 0.05) is 5.25 Å². The fraction of sp³-hybridized carbons (Fsp3) is 0.455. The van der Waals surface area contributed by atoms with Crippen LogP contribution in [0.3, 0.4) is 0 Å². The van der Waals surface area contributed by atoms with E-state index in [4.69, 9.17) is 4.74 Å². The van der Waals surface area contributed by atoms with Crippen molar-refractivity contribution in [1.29, 1.82) is 0 Å². The zero-order chi connectivity index (χ0) is 10.7. The van der Waals surface area contributed by atoms with Gasteiger partial charge < -0.3 is 9.84 Å². The minimum absolute atomic E-state index is 0.244. The smallest absolute Gasteiger partial charge is 0.123 e. The number of ether oxygens (including phenoxy) is 1. The van der Waals surface area contributed by atoms with Gasteiger partial charge in [0.1, 0.15) is 18.2 Å². The highest BCUT2D eigenvalue weighted by Crippen LogP contribution is 2.32. The molecule has 0 unspecified atom stereocenters. The van der Waals surface area contributed by atoms with Gasteiger partial charge in [-0.2, -0.15) is 0 Å². The summed E-state index contributed by atoms with van der Waals surface area (Å²) in [5, 5.41) is 9.64. The lowest BCUT2D eigenvalue weighted by Crippen LogP contribution is -2.11. The van der Waals surface area contributed by atoms with Crippen molar-refractivity contribution in [3.05, 3.63) is 30.1 Å².